The number of nitrogen functional groups attached to an aromatic ring is 1. The topological polar surface area (TPSA) is 54.2 Å². The van der Waals surface area contributed by atoms with Gasteiger partial charge in [-0.3, -0.25) is 0 Å². The summed E-state index contributed by atoms with van der Waals surface area (Å²) in [6.07, 6.45) is 0. The summed E-state index contributed by atoms with van der Waals surface area (Å²) in [7, 11) is 3.97. The summed E-state index contributed by atoms with van der Waals surface area (Å²) in [5.41, 5.74) is 8.67. The van der Waals surface area contributed by atoms with Crippen molar-refractivity contribution in [2.45, 2.75) is 6.92 Å². The number of nitrogens with two attached hydrogens (primary N) is 1. The third-order valence-corrected chi connectivity index (χ3v) is 3.57. The van der Waals surface area contributed by atoms with Gasteiger partial charge in [0, 0.05) is 20.6 Å². The lowest BCUT2D eigenvalue weighted by Gasteiger charge is -2.05. The second-order valence-corrected chi connectivity index (χ2v) is 4.78. The quantitative estimate of drug-likeness (QED) is 0.803. The molecule has 0 spiro atoms. The zero-order chi connectivity index (χ0) is 11.7. The fourth-order valence-electron chi connectivity index (χ4n) is 1.54. The highest BCUT2D eigenvalue weighted by atomic mass is 32.1. The fourth-order valence-corrected chi connectivity index (χ4v) is 2.55. The Balaban J connectivity index is 2.62. The third-order valence-electron chi connectivity index (χ3n) is 2.31. The molecule has 1 aromatic carbocycles. The van der Waals surface area contributed by atoms with Gasteiger partial charge in [0.05, 0.1) is 16.1 Å². The molecular weight excluding hydrogens is 220 g/mol. The van der Waals surface area contributed by atoms with Gasteiger partial charge in [0.1, 0.15) is 5.52 Å². The Kier molecular flexibility index (Phi) is 2.87. The molecule has 0 aliphatic rings. The third kappa shape index (κ3) is 1.78. The Morgan fingerprint density at radius 2 is 2.19 bits per heavy atom. The molecule has 2 rings (SSSR count). The minimum atomic E-state index is 0.737. The van der Waals surface area contributed by atoms with Gasteiger partial charge in [0.2, 0.25) is 0 Å². The van der Waals surface area contributed by atoms with Crippen molar-refractivity contribution in [3.05, 3.63) is 12.1 Å². The van der Waals surface area contributed by atoms with Crippen LogP contribution in [0.1, 0.15) is 6.92 Å². The van der Waals surface area contributed by atoms with Crippen LogP contribution in [0.4, 0.5) is 16.5 Å². The molecular formula is C11H16N4S. The predicted octanol–water partition coefficient (Wildman–Crippen LogP) is 2.38. The smallest absolute Gasteiger partial charge is 0.186 e. The largest absolute Gasteiger partial charge is 0.397 e. The van der Waals surface area contributed by atoms with Crippen molar-refractivity contribution in [3.8, 4) is 0 Å². The van der Waals surface area contributed by atoms with Crippen molar-refractivity contribution in [1.29, 1.82) is 0 Å². The predicted molar refractivity (Wildman–Crippen MR) is 72.5 cm³/mol. The van der Waals surface area contributed by atoms with E-state index in [0.717, 1.165) is 33.3 Å². The van der Waals surface area contributed by atoms with Crippen LogP contribution in [0.2, 0.25) is 0 Å². The standard InChI is InChI=1S/C11H16N4S/c1-4-13-8-6-5-7(12)9-10(8)16-11(14-9)15(2)3/h5-6,13H,4,12H2,1-3H3. The van der Waals surface area contributed by atoms with Gasteiger partial charge in [-0.1, -0.05) is 11.3 Å². The number of benzene rings is 1. The van der Waals surface area contributed by atoms with Crippen LogP contribution in [0, 0.1) is 0 Å². The zero-order valence-electron chi connectivity index (χ0n) is 9.74. The van der Waals surface area contributed by atoms with Crippen molar-refractivity contribution in [2.24, 2.45) is 0 Å². The number of thiazole rings is 1. The summed E-state index contributed by atoms with van der Waals surface area (Å²) in [6.45, 7) is 2.98. The summed E-state index contributed by atoms with van der Waals surface area (Å²) in [5.74, 6) is 0. The minimum absolute atomic E-state index is 0.737. The van der Waals surface area contributed by atoms with E-state index in [9.17, 15) is 0 Å². The van der Waals surface area contributed by atoms with Crippen LogP contribution in [0.15, 0.2) is 12.1 Å². The van der Waals surface area contributed by atoms with E-state index in [0.29, 0.717) is 0 Å². The highest BCUT2D eigenvalue weighted by molar-refractivity contribution is 7.22. The van der Waals surface area contributed by atoms with Gasteiger partial charge in [-0.15, -0.1) is 0 Å². The van der Waals surface area contributed by atoms with Crippen molar-refractivity contribution in [3.63, 3.8) is 0 Å². The van der Waals surface area contributed by atoms with Crippen molar-refractivity contribution in [1.82, 2.24) is 4.98 Å². The Hall–Kier alpha value is -1.49. The van der Waals surface area contributed by atoms with Gasteiger partial charge in [0.25, 0.3) is 0 Å². The second kappa shape index (κ2) is 4.17. The van der Waals surface area contributed by atoms with E-state index in [4.69, 9.17) is 5.73 Å². The molecule has 86 valence electrons. The van der Waals surface area contributed by atoms with Crippen LogP contribution in [0.25, 0.3) is 10.2 Å². The molecule has 0 saturated carbocycles. The molecule has 0 amide bonds. The lowest BCUT2D eigenvalue weighted by atomic mass is 10.2. The molecule has 0 aliphatic carbocycles. The van der Waals surface area contributed by atoms with Crippen molar-refractivity contribution < 1.29 is 0 Å². The molecule has 0 atom stereocenters. The molecule has 0 aliphatic heterocycles. The van der Waals surface area contributed by atoms with Crippen molar-refractivity contribution in [2.75, 3.05) is 36.6 Å². The van der Waals surface area contributed by atoms with Crippen LogP contribution < -0.4 is 16.0 Å². The van der Waals surface area contributed by atoms with E-state index >= 15 is 0 Å². The first-order valence-electron chi connectivity index (χ1n) is 5.23. The molecule has 0 saturated heterocycles. The number of hydrogen-bond donors (Lipinski definition) is 2. The normalized spacial score (nSPS) is 10.7. The molecule has 16 heavy (non-hydrogen) atoms. The number of nitrogens with one attached hydrogen (secondary N) is 1. The summed E-state index contributed by atoms with van der Waals surface area (Å²) in [4.78, 5) is 6.53. The van der Waals surface area contributed by atoms with Gasteiger partial charge < -0.3 is 16.0 Å². The minimum Gasteiger partial charge on any atom is -0.397 e. The van der Waals surface area contributed by atoms with Crippen LogP contribution in [0.5, 0.6) is 0 Å². The number of rotatable bonds is 3. The maximum absolute atomic E-state index is 5.93. The summed E-state index contributed by atoms with van der Waals surface area (Å²) in [5, 5.41) is 4.31. The van der Waals surface area contributed by atoms with Crippen molar-refractivity contribution >= 4 is 38.1 Å². The summed E-state index contributed by atoms with van der Waals surface area (Å²) < 4.78 is 1.13. The van der Waals surface area contributed by atoms with E-state index in [2.05, 4.69) is 17.2 Å². The highest BCUT2D eigenvalue weighted by Gasteiger charge is 2.11. The van der Waals surface area contributed by atoms with Crippen LogP contribution >= 0.6 is 11.3 Å². The van der Waals surface area contributed by atoms with E-state index in [-0.39, 0.29) is 0 Å². The van der Waals surface area contributed by atoms with Gasteiger partial charge in [-0.2, -0.15) is 0 Å². The maximum Gasteiger partial charge on any atom is 0.186 e. The van der Waals surface area contributed by atoms with Gasteiger partial charge >= 0.3 is 0 Å². The Morgan fingerprint density at radius 3 is 2.81 bits per heavy atom. The first-order valence-corrected chi connectivity index (χ1v) is 6.05. The summed E-state index contributed by atoms with van der Waals surface area (Å²) >= 11 is 1.66. The maximum atomic E-state index is 5.93. The molecule has 5 heteroatoms. The molecule has 0 unspecified atom stereocenters. The lowest BCUT2D eigenvalue weighted by molar-refractivity contribution is 1.11. The first-order chi connectivity index (χ1) is 7.63. The lowest BCUT2D eigenvalue weighted by Crippen LogP contribution is -2.07. The molecule has 0 fully saturated rings. The van der Waals surface area contributed by atoms with Gasteiger partial charge in [-0.05, 0) is 19.1 Å². The summed E-state index contributed by atoms with van der Waals surface area (Å²) in [6, 6.07) is 3.91. The molecule has 0 bridgehead atoms. The van der Waals surface area contributed by atoms with Crippen LogP contribution in [-0.2, 0) is 0 Å². The first kappa shape index (κ1) is 11.0. The van der Waals surface area contributed by atoms with Crippen LogP contribution in [0.3, 0.4) is 0 Å². The SMILES string of the molecule is CCNc1ccc(N)c2nc(N(C)C)sc12. The number of hydrogen-bond acceptors (Lipinski definition) is 5. The van der Waals surface area contributed by atoms with Gasteiger partial charge in [-0.25, -0.2) is 4.98 Å². The van der Waals surface area contributed by atoms with E-state index in [1.807, 2.05) is 31.1 Å². The fraction of sp³-hybridized carbons (Fsp3) is 0.364. The average Bonchev–Trinajstić information content (AvgIpc) is 2.68. The van der Waals surface area contributed by atoms with Crippen LogP contribution in [-0.4, -0.2) is 25.6 Å². The number of fused-ring (bicyclic) bond motifs is 1. The van der Waals surface area contributed by atoms with E-state index in [1.165, 1.54) is 0 Å². The Labute approximate surface area is 99.1 Å². The average molecular weight is 236 g/mol. The zero-order valence-corrected chi connectivity index (χ0v) is 10.6. The Bertz CT molecular complexity index is 504. The second-order valence-electron chi connectivity index (χ2n) is 3.80. The molecule has 0 radical (unpaired) electrons. The van der Waals surface area contributed by atoms with E-state index < -0.39 is 0 Å². The molecule has 4 nitrogen and oxygen atoms in total. The number of nitrogens with zero attached hydrogens (tertiary/aromatic N) is 2. The van der Waals surface area contributed by atoms with E-state index in [1.54, 1.807) is 11.3 Å². The Morgan fingerprint density at radius 1 is 1.44 bits per heavy atom. The molecule has 1 heterocycles. The highest BCUT2D eigenvalue weighted by Crippen LogP contribution is 2.36. The van der Waals surface area contributed by atoms with Gasteiger partial charge in [0.15, 0.2) is 5.13 Å². The number of aromatic nitrogens is 1. The molecule has 2 aromatic rings. The monoisotopic (exact) mass is 236 g/mol. The molecule has 1 aromatic heterocycles. The molecule has 3 N–H and O–H groups in total. The number of anilines is 3.